The highest BCUT2D eigenvalue weighted by molar-refractivity contribution is 9.10. The average Bonchev–Trinajstić information content (AvgIpc) is 2.19. The molecule has 0 saturated carbocycles. The molecule has 0 aliphatic carbocycles. The monoisotopic (exact) mass is 260 g/mol. The summed E-state index contributed by atoms with van der Waals surface area (Å²) in [5, 5.41) is 0. The van der Waals surface area contributed by atoms with Crippen molar-refractivity contribution in [1.29, 1.82) is 0 Å². The van der Waals surface area contributed by atoms with Gasteiger partial charge in [-0.15, -0.1) is 0 Å². The fourth-order valence-electron chi connectivity index (χ4n) is 1.01. The molecule has 0 heterocycles. The standard InChI is InChI=1S/C10H10BrFO2/c1-6(14-2)10(13)8-5-7(11)3-4-9(8)12/h3-6H,1-2H3. The van der Waals surface area contributed by atoms with E-state index in [1.807, 2.05) is 0 Å². The zero-order valence-electron chi connectivity index (χ0n) is 7.88. The van der Waals surface area contributed by atoms with Gasteiger partial charge in [-0.1, -0.05) is 15.9 Å². The second kappa shape index (κ2) is 4.66. The van der Waals surface area contributed by atoms with Crippen molar-refractivity contribution in [2.24, 2.45) is 0 Å². The third-order valence-electron chi connectivity index (χ3n) is 1.92. The van der Waals surface area contributed by atoms with Gasteiger partial charge < -0.3 is 4.74 Å². The van der Waals surface area contributed by atoms with Gasteiger partial charge in [0.15, 0.2) is 5.78 Å². The molecule has 0 N–H and O–H groups in total. The molecule has 0 amide bonds. The summed E-state index contributed by atoms with van der Waals surface area (Å²) in [7, 11) is 1.42. The van der Waals surface area contributed by atoms with Crippen molar-refractivity contribution < 1.29 is 13.9 Å². The molecule has 1 aromatic carbocycles. The predicted octanol–water partition coefficient (Wildman–Crippen LogP) is 2.81. The van der Waals surface area contributed by atoms with E-state index in [2.05, 4.69) is 15.9 Å². The molecule has 0 fully saturated rings. The van der Waals surface area contributed by atoms with Crippen LogP contribution in [0, 0.1) is 5.82 Å². The number of methoxy groups -OCH3 is 1. The van der Waals surface area contributed by atoms with Crippen molar-refractivity contribution >= 4 is 21.7 Å². The summed E-state index contributed by atoms with van der Waals surface area (Å²) in [5.41, 5.74) is 0.0497. The maximum absolute atomic E-state index is 13.2. The second-order valence-corrected chi connectivity index (χ2v) is 3.78. The first-order chi connectivity index (χ1) is 6.56. The van der Waals surface area contributed by atoms with E-state index >= 15 is 0 Å². The first-order valence-electron chi connectivity index (χ1n) is 4.08. The van der Waals surface area contributed by atoms with Crippen LogP contribution in [0.5, 0.6) is 0 Å². The van der Waals surface area contributed by atoms with E-state index in [0.717, 1.165) is 0 Å². The lowest BCUT2D eigenvalue weighted by molar-refractivity contribution is 0.0651. The minimum atomic E-state index is -0.626. The molecule has 14 heavy (non-hydrogen) atoms. The van der Waals surface area contributed by atoms with Gasteiger partial charge in [0.2, 0.25) is 0 Å². The van der Waals surface area contributed by atoms with Crippen LogP contribution in [-0.2, 0) is 4.74 Å². The fourth-order valence-corrected chi connectivity index (χ4v) is 1.37. The summed E-state index contributed by atoms with van der Waals surface area (Å²) in [5.74, 6) is -0.881. The Morgan fingerprint density at radius 1 is 1.57 bits per heavy atom. The third-order valence-corrected chi connectivity index (χ3v) is 2.41. The van der Waals surface area contributed by atoms with Gasteiger partial charge in [0, 0.05) is 11.6 Å². The fraction of sp³-hybridized carbons (Fsp3) is 0.300. The smallest absolute Gasteiger partial charge is 0.194 e. The van der Waals surface area contributed by atoms with Gasteiger partial charge in [0.25, 0.3) is 0 Å². The number of hydrogen-bond donors (Lipinski definition) is 0. The van der Waals surface area contributed by atoms with Crippen LogP contribution in [-0.4, -0.2) is 19.0 Å². The van der Waals surface area contributed by atoms with Crippen LogP contribution in [0.3, 0.4) is 0 Å². The van der Waals surface area contributed by atoms with Crippen molar-refractivity contribution in [2.75, 3.05) is 7.11 Å². The van der Waals surface area contributed by atoms with Gasteiger partial charge in [-0.2, -0.15) is 0 Å². The normalized spacial score (nSPS) is 12.6. The molecule has 0 saturated heterocycles. The van der Waals surface area contributed by atoms with Crippen LogP contribution >= 0.6 is 15.9 Å². The lowest BCUT2D eigenvalue weighted by atomic mass is 10.1. The minimum absolute atomic E-state index is 0.0497. The third kappa shape index (κ3) is 2.39. The molecule has 1 unspecified atom stereocenters. The van der Waals surface area contributed by atoms with Crippen molar-refractivity contribution in [3.63, 3.8) is 0 Å². The number of rotatable bonds is 3. The highest BCUT2D eigenvalue weighted by atomic mass is 79.9. The molecule has 0 aliphatic rings. The Morgan fingerprint density at radius 3 is 2.79 bits per heavy atom. The van der Waals surface area contributed by atoms with E-state index in [1.54, 1.807) is 13.0 Å². The number of Topliss-reactive ketones (excluding diaryl/α,β-unsaturated/α-hetero) is 1. The van der Waals surface area contributed by atoms with E-state index in [4.69, 9.17) is 4.74 Å². The van der Waals surface area contributed by atoms with Crippen molar-refractivity contribution in [3.05, 3.63) is 34.1 Å². The Balaban J connectivity index is 3.06. The maximum Gasteiger partial charge on any atom is 0.194 e. The van der Waals surface area contributed by atoms with Gasteiger partial charge >= 0.3 is 0 Å². The van der Waals surface area contributed by atoms with Crippen LogP contribution in [0.15, 0.2) is 22.7 Å². The summed E-state index contributed by atoms with van der Waals surface area (Å²) >= 11 is 3.18. The van der Waals surface area contributed by atoms with Crippen molar-refractivity contribution in [3.8, 4) is 0 Å². The zero-order chi connectivity index (χ0) is 10.7. The van der Waals surface area contributed by atoms with Gasteiger partial charge in [-0.3, -0.25) is 4.79 Å². The molecule has 2 nitrogen and oxygen atoms in total. The molecule has 1 atom stereocenters. The van der Waals surface area contributed by atoms with E-state index in [-0.39, 0.29) is 11.3 Å². The molecule has 4 heteroatoms. The average molecular weight is 261 g/mol. The second-order valence-electron chi connectivity index (χ2n) is 2.87. The topological polar surface area (TPSA) is 26.3 Å². The van der Waals surface area contributed by atoms with Crippen molar-refractivity contribution in [1.82, 2.24) is 0 Å². The number of benzene rings is 1. The summed E-state index contributed by atoms with van der Waals surface area (Å²) in [6.07, 6.45) is -0.626. The zero-order valence-corrected chi connectivity index (χ0v) is 9.47. The van der Waals surface area contributed by atoms with Gasteiger partial charge in [0.05, 0.1) is 5.56 Å². The van der Waals surface area contributed by atoms with Crippen LogP contribution in [0.25, 0.3) is 0 Å². The lowest BCUT2D eigenvalue weighted by Crippen LogP contribution is -2.20. The summed E-state index contributed by atoms with van der Waals surface area (Å²) < 4.78 is 18.7. The largest absolute Gasteiger partial charge is 0.374 e. The van der Waals surface area contributed by atoms with Crippen LogP contribution in [0.1, 0.15) is 17.3 Å². The molecule has 0 spiro atoms. The number of carbonyl (C=O) groups excluding carboxylic acids is 1. The summed E-state index contributed by atoms with van der Waals surface area (Å²) in [4.78, 5) is 11.6. The van der Waals surface area contributed by atoms with E-state index in [9.17, 15) is 9.18 Å². The van der Waals surface area contributed by atoms with Crippen molar-refractivity contribution in [2.45, 2.75) is 13.0 Å². The SMILES string of the molecule is COC(C)C(=O)c1cc(Br)ccc1F. The molecule has 0 aromatic heterocycles. The number of hydrogen-bond acceptors (Lipinski definition) is 2. The molecular formula is C10H10BrFO2. The molecule has 76 valence electrons. The minimum Gasteiger partial charge on any atom is -0.374 e. The quantitative estimate of drug-likeness (QED) is 0.782. The Labute approximate surface area is 90.2 Å². The molecular weight excluding hydrogens is 251 g/mol. The summed E-state index contributed by atoms with van der Waals surface area (Å²) in [6, 6.07) is 4.25. The Bertz CT molecular complexity index is 352. The van der Waals surface area contributed by atoms with E-state index in [0.29, 0.717) is 4.47 Å². The first-order valence-corrected chi connectivity index (χ1v) is 4.87. The van der Waals surface area contributed by atoms with Gasteiger partial charge in [-0.05, 0) is 25.1 Å². The molecule has 0 aliphatic heterocycles. The highest BCUT2D eigenvalue weighted by Crippen LogP contribution is 2.17. The molecule has 0 bridgehead atoms. The molecule has 0 radical (unpaired) electrons. The van der Waals surface area contributed by atoms with Crippen LogP contribution in [0.4, 0.5) is 4.39 Å². The molecule has 1 aromatic rings. The Kier molecular flexibility index (Phi) is 3.77. The van der Waals surface area contributed by atoms with Gasteiger partial charge in [0.1, 0.15) is 11.9 Å². The maximum atomic E-state index is 13.2. The lowest BCUT2D eigenvalue weighted by Gasteiger charge is -2.08. The highest BCUT2D eigenvalue weighted by Gasteiger charge is 2.18. The van der Waals surface area contributed by atoms with Crippen LogP contribution < -0.4 is 0 Å². The Morgan fingerprint density at radius 2 is 2.21 bits per heavy atom. The first kappa shape index (κ1) is 11.3. The molecule has 1 rings (SSSR count). The summed E-state index contributed by atoms with van der Waals surface area (Å²) in [6.45, 7) is 1.59. The van der Waals surface area contributed by atoms with E-state index in [1.165, 1.54) is 19.2 Å². The predicted molar refractivity (Wildman–Crippen MR) is 54.9 cm³/mol. The number of halogens is 2. The van der Waals surface area contributed by atoms with Crippen LogP contribution in [0.2, 0.25) is 0 Å². The number of ketones is 1. The van der Waals surface area contributed by atoms with E-state index < -0.39 is 11.9 Å². The number of ether oxygens (including phenoxy) is 1. The Hall–Kier alpha value is -0.740. The number of carbonyl (C=O) groups is 1. The van der Waals surface area contributed by atoms with Gasteiger partial charge in [-0.25, -0.2) is 4.39 Å².